The maximum Gasteiger partial charge on any atom is 0.264 e. The second-order valence-corrected chi connectivity index (χ2v) is 7.43. The molecule has 0 unspecified atom stereocenters. The van der Waals surface area contributed by atoms with Gasteiger partial charge in [0.2, 0.25) is 5.91 Å². The molecule has 7 heteroatoms. The van der Waals surface area contributed by atoms with E-state index >= 15 is 0 Å². The van der Waals surface area contributed by atoms with Crippen molar-refractivity contribution < 1.29 is 9.59 Å². The van der Waals surface area contributed by atoms with Crippen molar-refractivity contribution in [2.75, 3.05) is 38.0 Å². The van der Waals surface area contributed by atoms with Crippen molar-refractivity contribution in [2.45, 2.75) is 6.92 Å². The molecule has 1 saturated heterocycles. The Morgan fingerprint density at radius 3 is 2.60 bits per heavy atom. The van der Waals surface area contributed by atoms with Gasteiger partial charge in [-0.1, -0.05) is 23.7 Å². The summed E-state index contributed by atoms with van der Waals surface area (Å²) in [6.45, 7) is 4.89. The normalized spacial score (nSPS) is 15.2. The van der Waals surface area contributed by atoms with E-state index in [1.165, 1.54) is 11.3 Å². The first-order chi connectivity index (χ1) is 12.0. The number of piperazine rings is 1. The summed E-state index contributed by atoms with van der Waals surface area (Å²) < 4.78 is 0. The van der Waals surface area contributed by atoms with E-state index in [-0.39, 0.29) is 11.8 Å². The predicted molar refractivity (Wildman–Crippen MR) is 101 cm³/mol. The summed E-state index contributed by atoms with van der Waals surface area (Å²) in [6, 6.07) is 9.28. The number of rotatable bonds is 4. The van der Waals surface area contributed by atoms with E-state index < -0.39 is 0 Å². The Balaban J connectivity index is 1.48. The standard InChI is InChI=1S/C18H20ClN3O2S/c1-13-4-5-15(14(19)11-13)20-17(23)12-21-6-8-22(9-7-21)18(24)16-3-2-10-25-16/h2-5,10-11H,6-9,12H2,1H3,(H,20,23). The van der Waals surface area contributed by atoms with Gasteiger partial charge in [0.15, 0.2) is 0 Å². The molecule has 1 aromatic carbocycles. The molecule has 1 aromatic heterocycles. The summed E-state index contributed by atoms with van der Waals surface area (Å²) >= 11 is 7.61. The third-order valence-corrected chi connectivity index (χ3v) is 5.33. The molecule has 25 heavy (non-hydrogen) atoms. The molecule has 1 fully saturated rings. The number of carbonyl (C=O) groups excluding carboxylic acids is 2. The summed E-state index contributed by atoms with van der Waals surface area (Å²) in [5.74, 6) is -0.0191. The van der Waals surface area contributed by atoms with Crippen LogP contribution < -0.4 is 5.32 Å². The molecular formula is C18H20ClN3O2S. The molecule has 1 aliphatic heterocycles. The second-order valence-electron chi connectivity index (χ2n) is 6.08. The average Bonchev–Trinajstić information content (AvgIpc) is 3.12. The number of hydrogen-bond acceptors (Lipinski definition) is 4. The van der Waals surface area contributed by atoms with Crippen molar-refractivity contribution in [3.05, 3.63) is 51.2 Å². The third kappa shape index (κ3) is 4.60. The van der Waals surface area contributed by atoms with Crippen molar-refractivity contribution >= 4 is 40.4 Å². The quantitative estimate of drug-likeness (QED) is 0.890. The monoisotopic (exact) mass is 377 g/mol. The molecule has 0 spiro atoms. The van der Waals surface area contributed by atoms with Crippen molar-refractivity contribution in [1.82, 2.24) is 9.80 Å². The van der Waals surface area contributed by atoms with Crippen molar-refractivity contribution in [1.29, 1.82) is 0 Å². The minimum atomic E-state index is -0.0937. The molecule has 2 heterocycles. The maximum absolute atomic E-state index is 12.3. The molecule has 0 radical (unpaired) electrons. The summed E-state index contributed by atoms with van der Waals surface area (Å²) in [5, 5.41) is 5.30. The van der Waals surface area contributed by atoms with E-state index in [1.54, 1.807) is 0 Å². The molecule has 5 nitrogen and oxygen atoms in total. The molecule has 2 aromatic rings. The number of halogens is 1. The lowest BCUT2D eigenvalue weighted by atomic mass is 10.2. The van der Waals surface area contributed by atoms with Gasteiger partial charge < -0.3 is 10.2 Å². The highest BCUT2D eigenvalue weighted by Crippen LogP contribution is 2.22. The van der Waals surface area contributed by atoms with Gasteiger partial charge in [-0.2, -0.15) is 0 Å². The van der Waals surface area contributed by atoms with Gasteiger partial charge in [0, 0.05) is 26.2 Å². The largest absolute Gasteiger partial charge is 0.335 e. The first-order valence-corrected chi connectivity index (χ1v) is 9.40. The number of thiophene rings is 1. The Hall–Kier alpha value is -1.89. The van der Waals surface area contributed by atoms with Crippen molar-refractivity contribution in [2.24, 2.45) is 0 Å². The van der Waals surface area contributed by atoms with Crippen LogP contribution in [0.3, 0.4) is 0 Å². The molecule has 3 rings (SSSR count). The molecule has 0 aliphatic carbocycles. The van der Waals surface area contributed by atoms with Gasteiger partial charge in [-0.3, -0.25) is 14.5 Å². The van der Waals surface area contributed by atoms with Crippen LogP contribution in [0.1, 0.15) is 15.2 Å². The minimum Gasteiger partial charge on any atom is -0.335 e. The molecule has 0 bridgehead atoms. The van der Waals surface area contributed by atoms with Gasteiger partial charge in [0.1, 0.15) is 0 Å². The van der Waals surface area contributed by atoms with Crippen LogP contribution in [0.4, 0.5) is 5.69 Å². The summed E-state index contributed by atoms with van der Waals surface area (Å²) in [7, 11) is 0. The molecule has 132 valence electrons. The first kappa shape index (κ1) is 17.9. The molecule has 1 N–H and O–H groups in total. The van der Waals surface area contributed by atoms with Crippen molar-refractivity contribution in [3.63, 3.8) is 0 Å². The smallest absolute Gasteiger partial charge is 0.264 e. The number of aryl methyl sites for hydroxylation is 1. The Morgan fingerprint density at radius 2 is 1.96 bits per heavy atom. The third-order valence-electron chi connectivity index (χ3n) is 4.16. The Kier molecular flexibility index (Phi) is 5.73. The lowest BCUT2D eigenvalue weighted by molar-refractivity contribution is -0.117. The van der Waals surface area contributed by atoms with Crippen LogP contribution in [0.5, 0.6) is 0 Å². The predicted octanol–water partition coefficient (Wildman–Crippen LogP) is 3.11. The first-order valence-electron chi connectivity index (χ1n) is 8.14. The molecule has 0 atom stereocenters. The number of nitrogens with zero attached hydrogens (tertiary/aromatic N) is 2. The van der Waals surface area contributed by atoms with E-state index in [1.807, 2.05) is 47.5 Å². The lowest BCUT2D eigenvalue weighted by Crippen LogP contribution is -2.50. The van der Waals surface area contributed by atoms with Gasteiger partial charge in [-0.15, -0.1) is 11.3 Å². The van der Waals surface area contributed by atoms with E-state index in [0.29, 0.717) is 43.4 Å². The molecular weight excluding hydrogens is 358 g/mol. The lowest BCUT2D eigenvalue weighted by Gasteiger charge is -2.34. The van der Waals surface area contributed by atoms with E-state index in [0.717, 1.165) is 10.4 Å². The summed E-state index contributed by atoms with van der Waals surface area (Å²) in [5.41, 5.74) is 1.68. The maximum atomic E-state index is 12.3. The van der Waals surface area contributed by atoms with Crippen LogP contribution in [0.15, 0.2) is 35.7 Å². The van der Waals surface area contributed by atoms with Gasteiger partial charge in [0.25, 0.3) is 5.91 Å². The number of anilines is 1. The van der Waals surface area contributed by atoms with Gasteiger partial charge >= 0.3 is 0 Å². The molecule has 1 aliphatic rings. The van der Waals surface area contributed by atoms with Crippen molar-refractivity contribution in [3.8, 4) is 0 Å². The Labute approximate surface area is 156 Å². The number of amides is 2. The highest BCUT2D eigenvalue weighted by Gasteiger charge is 2.23. The summed E-state index contributed by atoms with van der Waals surface area (Å²) in [6.07, 6.45) is 0. The fraction of sp³-hybridized carbons (Fsp3) is 0.333. The average molecular weight is 378 g/mol. The zero-order chi connectivity index (χ0) is 17.8. The van der Waals surface area contributed by atoms with E-state index in [4.69, 9.17) is 11.6 Å². The van der Waals surface area contributed by atoms with Crippen LogP contribution >= 0.6 is 22.9 Å². The van der Waals surface area contributed by atoms with Crippen LogP contribution in [-0.4, -0.2) is 54.3 Å². The molecule has 2 amide bonds. The van der Waals surface area contributed by atoms with E-state index in [2.05, 4.69) is 10.2 Å². The Bertz CT molecular complexity index is 756. The van der Waals surface area contributed by atoms with Crippen LogP contribution in [0.25, 0.3) is 0 Å². The highest BCUT2D eigenvalue weighted by molar-refractivity contribution is 7.12. The number of carbonyl (C=O) groups is 2. The van der Waals surface area contributed by atoms with Crippen LogP contribution in [-0.2, 0) is 4.79 Å². The number of hydrogen-bond donors (Lipinski definition) is 1. The fourth-order valence-electron chi connectivity index (χ4n) is 2.78. The highest BCUT2D eigenvalue weighted by atomic mass is 35.5. The number of nitrogens with one attached hydrogen (secondary N) is 1. The minimum absolute atomic E-state index is 0.0746. The van der Waals surface area contributed by atoms with Crippen LogP contribution in [0, 0.1) is 6.92 Å². The van der Waals surface area contributed by atoms with E-state index in [9.17, 15) is 9.59 Å². The summed E-state index contributed by atoms with van der Waals surface area (Å²) in [4.78, 5) is 29.2. The fourth-order valence-corrected chi connectivity index (χ4v) is 3.75. The zero-order valence-electron chi connectivity index (χ0n) is 14.0. The van der Waals surface area contributed by atoms with Gasteiger partial charge in [0.05, 0.1) is 22.1 Å². The van der Waals surface area contributed by atoms with Gasteiger partial charge in [-0.05, 0) is 36.1 Å². The Morgan fingerprint density at radius 1 is 1.20 bits per heavy atom. The number of benzene rings is 1. The second kappa shape index (κ2) is 7.99. The zero-order valence-corrected chi connectivity index (χ0v) is 15.6. The van der Waals surface area contributed by atoms with Gasteiger partial charge in [-0.25, -0.2) is 0 Å². The topological polar surface area (TPSA) is 52.7 Å². The molecule has 0 saturated carbocycles. The van der Waals surface area contributed by atoms with Crippen LogP contribution in [0.2, 0.25) is 5.02 Å². The SMILES string of the molecule is Cc1ccc(NC(=O)CN2CCN(C(=O)c3cccs3)CC2)c(Cl)c1.